The number of aliphatic imine (C=N–C) groups is 1. The number of halogens is 2. The first-order valence-corrected chi connectivity index (χ1v) is 16.0. The number of aromatic nitrogens is 4. The first-order valence-electron chi connectivity index (χ1n) is 16.0. The predicted octanol–water partition coefficient (Wildman–Crippen LogP) is 6.61. The fourth-order valence-corrected chi connectivity index (χ4v) is 6.47. The number of likely N-dealkylation sites (tertiary alicyclic amines) is 1. The van der Waals surface area contributed by atoms with Gasteiger partial charge in [-0.2, -0.15) is 5.10 Å². The van der Waals surface area contributed by atoms with Gasteiger partial charge in [-0.05, 0) is 99.5 Å². The van der Waals surface area contributed by atoms with Gasteiger partial charge in [0.05, 0.1) is 23.1 Å². The lowest BCUT2D eigenvalue weighted by atomic mass is 9.97. The van der Waals surface area contributed by atoms with Crippen molar-refractivity contribution in [2.24, 2.45) is 12.0 Å². The normalized spacial score (nSPS) is 15.3. The second kappa shape index (κ2) is 13.0. The van der Waals surface area contributed by atoms with Gasteiger partial charge in [-0.15, -0.1) is 0 Å². The third-order valence-electron chi connectivity index (χ3n) is 8.93. The van der Waals surface area contributed by atoms with Crippen LogP contribution in [0.5, 0.6) is 11.5 Å². The number of allylic oxidation sites excluding steroid dienone is 1. The molecule has 0 aliphatic carbocycles. The smallest absolute Gasteiger partial charge is 0.284 e. The largest absolute Gasteiger partial charge is 0.454 e. The Morgan fingerprint density at radius 1 is 1.02 bits per heavy atom. The Bertz CT molecular complexity index is 2140. The van der Waals surface area contributed by atoms with Crippen LogP contribution in [-0.4, -0.2) is 55.7 Å². The fourth-order valence-electron chi connectivity index (χ4n) is 6.47. The molecule has 3 aromatic carbocycles. The number of benzene rings is 3. The molecule has 5 aromatic rings. The number of hydrogen-bond donors (Lipinski definition) is 2. The predicted molar refractivity (Wildman–Crippen MR) is 181 cm³/mol. The van der Waals surface area contributed by atoms with E-state index in [0.717, 1.165) is 60.1 Å². The molecule has 0 spiro atoms. The third-order valence-corrected chi connectivity index (χ3v) is 8.93. The number of H-pyrrole nitrogens is 1. The molecule has 2 N–H and O–H groups in total. The van der Waals surface area contributed by atoms with E-state index in [2.05, 4.69) is 25.4 Å². The highest BCUT2D eigenvalue weighted by atomic mass is 19.1. The average molecular weight is 652 g/mol. The highest BCUT2D eigenvalue weighted by Gasteiger charge is 2.27. The second-order valence-electron chi connectivity index (χ2n) is 12.2. The van der Waals surface area contributed by atoms with Crippen LogP contribution in [0, 0.1) is 11.6 Å². The van der Waals surface area contributed by atoms with E-state index in [1.54, 1.807) is 17.9 Å². The van der Waals surface area contributed by atoms with Crippen molar-refractivity contribution in [2.75, 3.05) is 25.0 Å². The number of anilines is 1. The summed E-state index contributed by atoms with van der Waals surface area (Å²) in [5.74, 6) is -1.34. The molecule has 0 saturated carbocycles. The summed E-state index contributed by atoms with van der Waals surface area (Å²) in [6, 6.07) is 13.4. The number of hydrogen-bond acceptors (Lipinski definition) is 6. The van der Waals surface area contributed by atoms with Crippen molar-refractivity contribution >= 4 is 33.8 Å². The van der Waals surface area contributed by atoms with Crippen LogP contribution in [-0.2, 0) is 13.6 Å². The molecule has 2 aromatic heterocycles. The third kappa shape index (κ3) is 6.18. The SMILES string of the molecule is CC1=NCCC(c2cc3[nH]ncc3cc2Oc2ccc(NC(=O)c3c(CN4CCCCC4)n(C)n(-c4ccc(F)cc4)c3=O)cc2F)=C1. The summed E-state index contributed by atoms with van der Waals surface area (Å²) in [7, 11) is 1.71. The molecule has 48 heavy (non-hydrogen) atoms. The first kappa shape index (κ1) is 31.3. The molecule has 1 saturated heterocycles. The van der Waals surface area contributed by atoms with Crippen molar-refractivity contribution < 1.29 is 18.3 Å². The van der Waals surface area contributed by atoms with Gasteiger partial charge in [-0.25, -0.2) is 13.5 Å². The number of aromatic amines is 1. The summed E-state index contributed by atoms with van der Waals surface area (Å²) in [5.41, 5.74) is 4.07. The summed E-state index contributed by atoms with van der Waals surface area (Å²) in [6.07, 6.45) is 7.58. The van der Waals surface area contributed by atoms with E-state index in [1.165, 1.54) is 47.1 Å². The highest BCUT2D eigenvalue weighted by molar-refractivity contribution is 6.05. The Morgan fingerprint density at radius 3 is 2.56 bits per heavy atom. The van der Waals surface area contributed by atoms with Gasteiger partial charge in [0, 0.05) is 48.6 Å². The minimum atomic E-state index is -0.688. The summed E-state index contributed by atoms with van der Waals surface area (Å²) >= 11 is 0. The van der Waals surface area contributed by atoms with Crippen LogP contribution in [0.4, 0.5) is 14.5 Å². The number of carbonyl (C=O) groups excluding carboxylic acids is 1. The number of piperidine rings is 1. The number of ether oxygens (including phenoxy) is 1. The maximum atomic E-state index is 15.6. The summed E-state index contributed by atoms with van der Waals surface area (Å²) in [5, 5.41) is 10.6. The Balaban J connectivity index is 1.18. The van der Waals surface area contributed by atoms with Crippen molar-refractivity contribution in [1.29, 1.82) is 0 Å². The quantitative estimate of drug-likeness (QED) is 0.196. The number of carbonyl (C=O) groups is 1. The molecule has 4 heterocycles. The van der Waals surface area contributed by atoms with Gasteiger partial charge < -0.3 is 10.1 Å². The standard InChI is InChI=1S/C36H35F2N7O3/c1-22-16-23(12-13-39-22)28-19-30-24(20-40-42-30)17-33(28)48-32-11-8-26(18-29(32)38)41-35(46)34-31(21-44-14-4-3-5-15-44)43(2)45(36(34)47)27-9-6-25(37)7-10-27/h6-11,16-20H,3-5,12-15,21H2,1-2H3,(H,40,42)(H,41,46). The number of nitrogens with one attached hydrogen (secondary N) is 2. The zero-order valence-corrected chi connectivity index (χ0v) is 26.7. The van der Waals surface area contributed by atoms with Crippen molar-refractivity contribution in [2.45, 2.75) is 39.2 Å². The fraction of sp³-hybridized carbons (Fsp3) is 0.278. The molecule has 12 heteroatoms. The monoisotopic (exact) mass is 651 g/mol. The Hall–Kier alpha value is -5.36. The lowest BCUT2D eigenvalue weighted by Crippen LogP contribution is -2.31. The maximum absolute atomic E-state index is 15.6. The van der Waals surface area contributed by atoms with E-state index in [-0.39, 0.29) is 17.0 Å². The van der Waals surface area contributed by atoms with Crippen LogP contribution >= 0.6 is 0 Å². The Morgan fingerprint density at radius 2 is 1.81 bits per heavy atom. The van der Waals surface area contributed by atoms with Crippen LogP contribution in [0.25, 0.3) is 22.2 Å². The van der Waals surface area contributed by atoms with Crippen LogP contribution in [0.15, 0.2) is 76.7 Å². The topological polar surface area (TPSA) is 110 Å². The van der Waals surface area contributed by atoms with Gasteiger partial charge in [0.1, 0.15) is 17.1 Å². The lowest BCUT2D eigenvalue weighted by molar-refractivity contribution is 0.102. The summed E-state index contributed by atoms with van der Waals surface area (Å²) < 4.78 is 38.5. The van der Waals surface area contributed by atoms with Crippen molar-refractivity contribution in [3.8, 4) is 17.2 Å². The highest BCUT2D eigenvalue weighted by Crippen LogP contribution is 2.37. The molecular formula is C36H35F2N7O3. The molecule has 10 nitrogen and oxygen atoms in total. The lowest BCUT2D eigenvalue weighted by Gasteiger charge is -2.26. The summed E-state index contributed by atoms with van der Waals surface area (Å²) in [4.78, 5) is 34.3. The Kier molecular flexibility index (Phi) is 8.49. The van der Waals surface area contributed by atoms with E-state index >= 15 is 4.39 Å². The van der Waals surface area contributed by atoms with Gasteiger partial charge in [0.15, 0.2) is 11.6 Å². The Labute approximate surface area is 275 Å². The molecule has 0 atom stereocenters. The van der Waals surface area contributed by atoms with Crippen LogP contribution < -0.4 is 15.6 Å². The number of nitrogens with zero attached hydrogens (tertiary/aromatic N) is 5. The minimum absolute atomic E-state index is 0.0249. The molecule has 0 unspecified atom stereocenters. The average Bonchev–Trinajstić information content (AvgIpc) is 3.63. The number of fused-ring (bicyclic) bond motifs is 1. The van der Waals surface area contributed by atoms with Gasteiger partial charge in [0.2, 0.25) is 0 Å². The molecule has 246 valence electrons. The van der Waals surface area contributed by atoms with Crippen molar-refractivity contribution in [3.05, 3.63) is 106 Å². The van der Waals surface area contributed by atoms with Crippen LogP contribution in [0.3, 0.4) is 0 Å². The molecule has 1 fully saturated rings. The molecule has 1 amide bonds. The molecule has 2 aliphatic rings. The molecule has 2 aliphatic heterocycles. The molecule has 7 rings (SSSR count). The number of amides is 1. The van der Waals surface area contributed by atoms with Gasteiger partial charge in [-0.3, -0.25) is 29.3 Å². The van der Waals surface area contributed by atoms with Crippen LogP contribution in [0.2, 0.25) is 0 Å². The second-order valence-corrected chi connectivity index (χ2v) is 12.2. The zero-order chi connectivity index (χ0) is 33.4. The van der Waals surface area contributed by atoms with Gasteiger partial charge in [0.25, 0.3) is 11.5 Å². The van der Waals surface area contributed by atoms with E-state index in [1.807, 2.05) is 25.1 Å². The maximum Gasteiger partial charge on any atom is 0.284 e. The van der Waals surface area contributed by atoms with Crippen LogP contribution in [0.1, 0.15) is 54.2 Å². The molecule has 0 radical (unpaired) electrons. The molecule has 0 bridgehead atoms. The van der Waals surface area contributed by atoms with Gasteiger partial charge in [-0.1, -0.05) is 6.42 Å². The van der Waals surface area contributed by atoms with Crippen molar-refractivity contribution in [1.82, 2.24) is 24.5 Å². The summed E-state index contributed by atoms with van der Waals surface area (Å²) in [6.45, 7) is 4.67. The van der Waals surface area contributed by atoms with E-state index in [9.17, 15) is 14.0 Å². The number of rotatable bonds is 8. The van der Waals surface area contributed by atoms with E-state index in [0.29, 0.717) is 36.6 Å². The first-order chi connectivity index (χ1) is 23.2. The number of dihydropyridines is 1. The zero-order valence-electron chi connectivity index (χ0n) is 26.7. The van der Waals surface area contributed by atoms with Gasteiger partial charge >= 0.3 is 0 Å². The molecular weight excluding hydrogens is 616 g/mol. The van der Waals surface area contributed by atoms with Crippen molar-refractivity contribution in [3.63, 3.8) is 0 Å². The van der Waals surface area contributed by atoms with E-state index in [4.69, 9.17) is 4.74 Å². The minimum Gasteiger partial charge on any atom is -0.454 e. The van der Waals surface area contributed by atoms with E-state index < -0.39 is 23.1 Å².